The number of nitrogens with zero attached hydrogens (tertiary/aromatic N) is 2. The predicted molar refractivity (Wildman–Crippen MR) is 159 cm³/mol. The predicted octanol–water partition coefficient (Wildman–Crippen LogP) is 2.10. The molecule has 0 radical (unpaired) electrons. The lowest BCUT2D eigenvalue weighted by atomic mass is 9.99. The van der Waals surface area contributed by atoms with E-state index in [0.29, 0.717) is 10.5 Å². The minimum atomic E-state index is -5.26. The minimum absolute atomic E-state index is 0.0627. The molecule has 256 valence electrons. The summed E-state index contributed by atoms with van der Waals surface area (Å²) in [4.78, 5) is 88.5. The Hall–Kier alpha value is -5.22. The second-order valence-corrected chi connectivity index (χ2v) is 10.8. The zero-order valence-corrected chi connectivity index (χ0v) is 26.2. The van der Waals surface area contributed by atoms with Gasteiger partial charge in [0.05, 0.1) is 11.7 Å². The molecule has 2 aromatic rings. The maximum Gasteiger partial charge on any atom is 0.452 e. The number of ketones is 1. The van der Waals surface area contributed by atoms with Crippen molar-refractivity contribution < 1.29 is 56.1 Å². The third-order valence-electron chi connectivity index (χ3n) is 6.64. The van der Waals surface area contributed by atoms with Gasteiger partial charge in [0.2, 0.25) is 5.91 Å². The van der Waals surface area contributed by atoms with Crippen molar-refractivity contribution in [1.82, 2.24) is 9.88 Å². The van der Waals surface area contributed by atoms with E-state index in [2.05, 4.69) is 0 Å². The van der Waals surface area contributed by atoms with Crippen LogP contribution in [0.15, 0.2) is 47.3 Å². The van der Waals surface area contributed by atoms with Crippen LogP contribution in [0.5, 0.6) is 0 Å². The van der Waals surface area contributed by atoms with Crippen LogP contribution in [0.3, 0.4) is 0 Å². The molecule has 1 unspecified atom stereocenters. The Labute approximate surface area is 266 Å². The number of urea groups is 1. The number of Topliss-reactive ketones (excluding diaryl/α,β-unsaturated/α-hetero) is 1. The monoisotopic (exact) mass is 668 g/mol. The summed E-state index contributed by atoms with van der Waals surface area (Å²) in [5, 5.41) is 2.03. The van der Waals surface area contributed by atoms with E-state index in [4.69, 9.17) is 19.9 Å². The molecule has 0 aliphatic rings. The molecule has 14 nitrogen and oxygen atoms in total. The first-order valence-electron chi connectivity index (χ1n) is 14.0. The van der Waals surface area contributed by atoms with Gasteiger partial charge in [0, 0.05) is 20.8 Å². The molecule has 0 aliphatic heterocycles. The smallest absolute Gasteiger partial charge is 0.452 e. The second kappa shape index (κ2) is 15.9. The Morgan fingerprint density at radius 3 is 1.74 bits per heavy atom. The summed E-state index contributed by atoms with van der Waals surface area (Å²) in [5.74, 6) is -6.95. The number of carbonyl (C=O) groups excluding carboxylic acids is 6. The van der Waals surface area contributed by atoms with Crippen LogP contribution in [-0.2, 0) is 44.7 Å². The van der Waals surface area contributed by atoms with Gasteiger partial charge >= 0.3 is 30.1 Å². The highest BCUT2D eigenvalue weighted by atomic mass is 19.4. The van der Waals surface area contributed by atoms with Crippen LogP contribution < -0.4 is 21.5 Å². The Morgan fingerprint density at radius 2 is 1.34 bits per heavy atom. The number of rotatable bonds is 14. The molecule has 1 aromatic carbocycles. The number of halogens is 3. The third kappa shape index (κ3) is 10.1. The third-order valence-corrected chi connectivity index (χ3v) is 6.64. The fourth-order valence-corrected chi connectivity index (χ4v) is 4.46. The number of primary amides is 1. The average Bonchev–Trinajstić information content (AvgIpc) is 2.97. The fraction of sp³-hybridized carbons (Fsp3) is 0.433. The lowest BCUT2D eigenvalue weighted by molar-refractivity contribution is -0.174. The van der Waals surface area contributed by atoms with Crippen LogP contribution in [0.25, 0.3) is 11.3 Å². The van der Waals surface area contributed by atoms with Crippen molar-refractivity contribution in [1.29, 1.82) is 0 Å². The fourth-order valence-electron chi connectivity index (χ4n) is 4.46. The second-order valence-electron chi connectivity index (χ2n) is 10.8. The number of alkyl halides is 3. The van der Waals surface area contributed by atoms with Gasteiger partial charge in [-0.2, -0.15) is 13.2 Å². The topological polar surface area (TPSA) is 193 Å². The molecule has 0 bridgehead atoms. The molecular formula is C30H35F3N4O10. The Kier molecular flexibility index (Phi) is 12.8. The molecule has 3 amide bonds. The van der Waals surface area contributed by atoms with E-state index in [1.807, 2.05) is 5.32 Å². The number of nitrogens with one attached hydrogen (secondary N) is 1. The van der Waals surface area contributed by atoms with Crippen LogP contribution >= 0.6 is 0 Å². The van der Waals surface area contributed by atoms with Crippen molar-refractivity contribution in [2.75, 3.05) is 24.7 Å². The van der Waals surface area contributed by atoms with Gasteiger partial charge in [-0.15, -0.1) is 0 Å². The number of pyridine rings is 1. The number of ether oxygens (including phenoxy) is 3. The number of nitrogens with two attached hydrogens (primary N) is 1. The normalized spacial score (nSPS) is 12.1. The number of hydrogen-bond acceptors (Lipinski definition) is 10. The van der Waals surface area contributed by atoms with Crippen molar-refractivity contribution in [2.24, 2.45) is 11.7 Å². The molecule has 0 spiro atoms. The first-order chi connectivity index (χ1) is 21.8. The van der Waals surface area contributed by atoms with Gasteiger partial charge in [0.25, 0.3) is 11.3 Å². The largest absolute Gasteiger partial charge is 0.463 e. The number of aromatic nitrogens is 1. The average molecular weight is 669 g/mol. The number of carbonyl (C=O) groups is 6. The first-order valence-corrected chi connectivity index (χ1v) is 14.0. The molecular weight excluding hydrogens is 633 g/mol. The number of hydrogen-bond donors (Lipinski definition) is 2. The molecule has 0 aliphatic carbocycles. The maximum atomic E-state index is 14.2. The molecule has 2 rings (SSSR count). The van der Waals surface area contributed by atoms with E-state index in [-0.39, 0.29) is 5.69 Å². The molecule has 0 saturated heterocycles. The Morgan fingerprint density at radius 1 is 0.851 bits per heavy atom. The quantitative estimate of drug-likeness (QED) is 0.222. The molecule has 0 saturated carbocycles. The van der Waals surface area contributed by atoms with Gasteiger partial charge in [0.15, 0.2) is 5.54 Å². The molecule has 1 atom stereocenters. The molecule has 0 fully saturated rings. The lowest BCUT2D eigenvalue weighted by Gasteiger charge is -2.40. The molecule has 3 N–H and O–H groups in total. The minimum Gasteiger partial charge on any atom is -0.463 e. The maximum absolute atomic E-state index is 14.2. The Balaban J connectivity index is 2.83. The van der Waals surface area contributed by atoms with E-state index in [1.54, 1.807) is 30.3 Å². The molecule has 47 heavy (non-hydrogen) atoms. The SMILES string of the molecule is CC(=O)OCC(COC(C)=O)(COC(C)=O)N(C(N)=O)c1ccc(-c2ccccc2)n(CC(=O)NC(C(=O)C(F)(F)F)C(C)C)c1=O. The zero-order chi connectivity index (χ0) is 35.7. The highest BCUT2D eigenvalue weighted by Crippen LogP contribution is 2.28. The number of anilines is 1. The summed E-state index contributed by atoms with van der Waals surface area (Å²) < 4.78 is 55.9. The number of esters is 3. The van der Waals surface area contributed by atoms with Gasteiger partial charge in [-0.3, -0.25) is 38.2 Å². The zero-order valence-electron chi connectivity index (χ0n) is 26.2. The lowest BCUT2D eigenvalue weighted by Crippen LogP contribution is -2.64. The summed E-state index contributed by atoms with van der Waals surface area (Å²) in [6.45, 7) is 2.28. The van der Waals surface area contributed by atoms with Crippen LogP contribution in [0.4, 0.5) is 23.7 Å². The van der Waals surface area contributed by atoms with E-state index in [9.17, 15) is 46.7 Å². The summed E-state index contributed by atoms with van der Waals surface area (Å²) in [6.07, 6.45) is -5.26. The highest BCUT2D eigenvalue weighted by Gasteiger charge is 2.47. The van der Waals surface area contributed by atoms with Crippen molar-refractivity contribution in [2.45, 2.75) is 58.9 Å². The van der Waals surface area contributed by atoms with E-state index in [0.717, 1.165) is 31.4 Å². The molecule has 1 aromatic heterocycles. The Bertz CT molecular complexity index is 1510. The van der Waals surface area contributed by atoms with Gasteiger partial charge in [0.1, 0.15) is 32.1 Å². The van der Waals surface area contributed by atoms with Crippen molar-refractivity contribution in [3.8, 4) is 11.3 Å². The van der Waals surface area contributed by atoms with Gasteiger partial charge < -0.3 is 25.3 Å². The van der Waals surface area contributed by atoms with Crippen molar-refractivity contribution in [3.63, 3.8) is 0 Å². The van der Waals surface area contributed by atoms with Crippen LogP contribution in [0, 0.1) is 5.92 Å². The van der Waals surface area contributed by atoms with E-state index >= 15 is 0 Å². The van der Waals surface area contributed by atoms with Gasteiger partial charge in [-0.1, -0.05) is 44.2 Å². The van der Waals surface area contributed by atoms with Crippen molar-refractivity contribution in [3.05, 3.63) is 52.8 Å². The van der Waals surface area contributed by atoms with E-state index in [1.165, 1.54) is 19.9 Å². The van der Waals surface area contributed by atoms with Gasteiger partial charge in [-0.25, -0.2) is 4.79 Å². The van der Waals surface area contributed by atoms with Gasteiger partial charge in [-0.05, 0) is 23.6 Å². The standard InChI is InChI=1S/C30H35F3N4O10/c1-17(2)25(26(42)30(31,32)33)35-24(41)13-36-22(21-9-7-6-8-10-21)11-12-23(27(36)43)37(28(34)44)29(14-45-18(3)38,15-46-19(4)39)16-47-20(5)40/h6-12,17,25H,13-16H2,1-5H3,(H2,34,44)(H,35,41). The van der Waals surface area contributed by atoms with Crippen molar-refractivity contribution >= 4 is 41.3 Å². The highest BCUT2D eigenvalue weighted by molar-refractivity contribution is 5.94. The summed E-state index contributed by atoms with van der Waals surface area (Å²) in [5.41, 5.74) is 2.33. The van der Waals surface area contributed by atoms with Crippen LogP contribution in [0.2, 0.25) is 0 Å². The van der Waals surface area contributed by atoms with E-state index < -0.39 is 96.9 Å². The number of benzene rings is 1. The molecule has 1 heterocycles. The summed E-state index contributed by atoms with van der Waals surface area (Å²) in [7, 11) is 0. The van der Waals surface area contributed by atoms with Crippen LogP contribution in [-0.4, -0.2) is 77.8 Å². The van der Waals surface area contributed by atoms with Crippen LogP contribution in [0.1, 0.15) is 34.6 Å². The first kappa shape index (κ1) is 38.0. The summed E-state index contributed by atoms with van der Waals surface area (Å²) in [6, 6.07) is 7.06. The summed E-state index contributed by atoms with van der Waals surface area (Å²) >= 11 is 0. The molecule has 17 heteroatoms. The number of amides is 3.